The van der Waals surface area contributed by atoms with Gasteiger partial charge >= 0.3 is 0 Å². The second kappa shape index (κ2) is 5.69. The molecule has 0 radical (unpaired) electrons. The molecule has 5 heteroatoms. The average molecular weight is 253 g/mol. The molecule has 0 spiro atoms. The maximum absolute atomic E-state index is 11.9. The predicted molar refractivity (Wildman–Crippen MR) is 69.0 cm³/mol. The topological polar surface area (TPSA) is 70.2 Å². The second-order valence-corrected chi connectivity index (χ2v) is 5.69. The van der Waals surface area contributed by atoms with Crippen molar-refractivity contribution >= 4 is 11.8 Å². The fourth-order valence-electron chi connectivity index (χ4n) is 2.20. The van der Waals surface area contributed by atoms with E-state index in [1.165, 1.54) is 0 Å². The minimum Gasteiger partial charge on any atom is -0.356 e. The number of hydrogen-bond donors (Lipinski definition) is 3. The summed E-state index contributed by atoms with van der Waals surface area (Å²) in [4.78, 5) is 23.4. The highest BCUT2D eigenvalue weighted by molar-refractivity contribution is 5.83. The SMILES string of the molecule is CC1(C(=O)NCCCC(=O)NC2CC2)CCNC1. The van der Waals surface area contributed by atoms with Crippen molar-refractivity contribution in [1.29, 1.82) is 0 Å². The first-order valence-electron chi connectivity index (χ1n) is 6.88. The van der Waals surface area contributed by atoms with Crippen LogP contribution >= 0.6 is 0 Å². The largest absolute Gasteiger partial charge is 0.356 e. The van der Waals surface area contributed by atoms with Crippen LogP contribution in [0, 0.1) is 5.41 Å². The van der Waals surface area contributed by atoms with Gasteiger partial charge in [0.2, 0.25) is 11.8 Å². The molecule has 1 saturated carbocycles. The molecule has 3 N–H and O–H groups in total. The number of carbonyl (C=O) groups excluding carboxylic acids is 2. The second-order valence-electron chi connectivity index (χ2n) is 5.69. The highest BCUT2D eigenvalue weighted by Gasteiger charge is 2.35. The van der Waals surface area contributed by atoms with Crippen molar-refractivity contribution in [2.75, 3.05) is 19.6 Å². The van der Waals surface area contributed by atoms with Crippen molar-refractivity contribution in [2.45, 2.75) is 45.1 Å². The highest BCUT2D eigenvalue weighted by Crippen LogP contribution is 2.24. The molecule has 1 unspecified atom stereocenters. The van der Waals surface area contributed by atoms with Gasteiger partial charge in [-0.1, -0.05) is 0 Å². The third kappa shape index (κ3) is 3.70. The van der Waals surface area contributed by atoms with Gasteiger partial charge in [0.15, 0.2) is 0 Å². The van der Waals surface area contributed by atoms with E-state index in [9.17, 15) is 9.59 Å². The maximum Gasteiger partial charge on any atom is 0.227 e. The lowest BCUT2D eigenvalue weighted by atomic mass is 9.89. The molecule has 0 aromatic rings. The zero-order valence-electron chi connectivity index (χ0n) is 11.1. The van der Waals surface area contributed by atoms with Crippen molar-refractivity contribution in [3.05, 3.63) is 0 Å². The van der Waals surface area contributed by atoms with Gasteiger partial charge in [-0.15, -0.1) is 0 Å². The van der Waals surface area contributed by atoms with Gasteiger partial charge in [-0.2, -0.15) is 0 Å². The lowest BCUT2D eigenvalue weighted by molar-refractivity contribution is -0.129. The third-order valence-electron chi connectivity index (χ3n) is 3.73. The first-order chi connectivity index (χ1) is 8.60. The van der Waals surface area contributed by atoms with Gasteiger partial charge in [0, 0.05) is 25.6 Å². The summed E-state index contributed by atoms with van der Waals surface area (Å²) < 4.78 is 0. The van der Waals surface area contributed by atoms with E-state index in [1.54, 1.807) is 0 Å². The van der Waals surface area contributed by atoms with Crippen LogP contribution in [0.15, 0.2) is 0 Å². The van der Waals surface area contributed by atoms with Gasteiger partial charge in [0.05, 0.1) is 5.41 Å². The van der Waals surface area contributed by atoms with Crippen LogP contribution in [0.3, 0.4) is 0 Å². The molecule has 0 aromatic carbocycles. The lowest BCUT2D eigenvalue weighted by Gasteiger charge is -2.21. The summed E-state index contributed by atoms with van der Waals surface area (Å²) in [6.45, 7) is 4.24. The average Bonchev–Trinajstić information content (AvgIpc) is 3.03. The van der Waals surface area contributed by atoms with E-state index in [1.807, 2.05) is 6.92 Å². The van der Waals surface area contributed by atoms with E-state index in [0.29, 0.717) is 25.4 Å². The van der Waals surface area contributed by atoms with Crippen LogP contribution < -0.4 is 16.0 Å². The summed E-state index contributed by atoms with van der Waals surface area (Å²) >= 11 is 0. The molecular weight excluding hydrogens is 230 g/mol. The van der Waals surface area contributed by atoms with Gasteiger partial charge in [-0.05, 0) is 39.2 Å². The molecule has 2 amide bonds. The Balaban J connectivity index is 1.56. The number of amides is 2. The number of carbonyl (C=O) groups is 2. The molecule has 5 nitrogen and oxygen atoms in total. The fourth-order valence-corrected chi connectivity index (χ4v) is 2.20. The molecule has 1 atom stereocenters. The highest BCUT2D eigenvalue weighted by atomic mass is 16.2. The van der Waals surface area contributed by atoms with Crippen molar-refractivity contribution in [3.63, 3.8) is 0 Å². The van der Waals surface area contributed by atoms with Crippen LogP contribution in [0.5, 0.6) is 0 Å². The maximum atomic E-state index is 11.9. The normalized spacial score (nSPS) is 26.9. The van der Waals surface area contributed by atoms with Gasteiger partial charge in [-0.25, -0.2) is 0 Å². The molecule has 0 bridgehead atoms. The monoisotopic (exact) mass is 253 g/mol. The molecule has 2 aliphatic rings. The zero-order valence-corrected chi connectivity index (χ0v) is 11.1. The Kier molecular flexibility index (Phi) is 4.22. The summed E-state index contributed by atoms with van der Waals surface area (Å²) in [7, 11) is 0. The molecule has 1 saturated heterocycles. The van der Waals surface area contributed by atoms with E-state index in [2.05, 4.69) is 16.0 Å². The smallest absolute Gasteiger partial charge is 0.227 e. The zero-order chi connectivity index (χ0) is 13.0. The van der Waals surface area contributed by atoms with E-state index in [0.717, 1.165) is 32.4 Å². The summed E-state index contributed by atoms with van der Waals surface area (Å²) in [6, 6.07) is 0.426. The number of hydrogen-bond acceptors (Lipinski definition) is 3. The van der Waals surface area contributed by atoms with Crippen LogP contribution in [0.1, 0.15) is 39.0 Å². The van der Waals surface area contributed by atoms with E-state index in [-0.39, 0.29) is 17.2 Å². The van der Waals surface area contributed by atoms with Gasteiger partial charge < -0.3 is 16.0 Å². The predicted octanol–water partition coefficient (Wildman–Crippen LogP) is 0.161. The van der Waals surface area contributed by atoms with Crippen LogP contribution in [0.2, 0.25) is 0 Å². The van der Waals surface area contributed by atoms with E-state index >= 15 is 0 Å². The van der Waals surface area contributed by atoms with E-state index < -0.39 is 0 Å². The van der Waals surface area contributed by atoms with Crippen molar-refractivity contribution in [3.8, 4) is 0 Å². The molecule has 2 rings (SSSR count). The Hall–Kier alpha value is -1.10. The van der Waals surface area contributed by atoms with Crippen LogP contribution in [0.4, 0.5) is 0 Å². The lowest BCUT2D eigenvalue weighted by Crippen LogP contribution is -2.41. The standard InChI is InChI=1S/C13H23N3O2/c1-13(6-8-14-9-13)12(18)15-7-2-3-11(17)16-10-4-5-10/h10,14H,2-9H2,1H3,(H,15,18)(H,16,17). The molecule has 1 aliphatic carbocycles. The van der Waals surface area contributed by atoms with Crippen molar-refractivity contribution in [1.82, 2.24) is 16.0 Å². The van der Waals surface area contributed by atoms with E-state index in [4.69, 9.17) is 0 Å². The molecular formula is C13H23N3O2. The molecule has 102 valence electrons. The van der Waals surface area contributed by atoms with Crippen molar-refractivity contribution < 1.29 is 9.59 Å². The summed E-state index contributed by atoms with van der Waals surface area (Å²) in [6.07, 6.45) is 4.35. The minimum absolute atomic E-state index is 0.107. The first-order valence-corrected chi connectivity index (χ1v) is 6.88. The van der Waals surface area contributed by atoms with Gasteiger partial charge in [-0.3, -0.25) is 9.59 Å². The fraction of sp³-hybridized carbons (Fsp3) is 0.846. The molecule has 1 aliphatic heterocycles. The molecule has 2 fully saturated rings. The third-order valence-corrected chi connectivity index (χ3v) is 3.73. The Morgan fingerprint density at radius 2 is 2.17 bits per heavy atom. The molecule has 0 aromatic heterocycles. The quantitative estimate of drug-likeness (QED) is 0.591. The van der Waals surface area contributed by atoms with Crippen LogP contribution in [0.25, 0.3) is 0 Å². The Bertz CT molecular complexity index is 320. The summed E-state index contributed by atoms with van der Waals surface area (Å²) in [5, 5.41) is 9.08. The first kappa shape index (κ1) is 13.3. The molecule has 1 heterocycles. The van der Waals surface area contributed by atoms with Crippen LogP contribution in [-0.2, 0) is 9.59 Å². The Labute approximate surface area is 108 Å². The number of nitrogens with one attached hydrogen (secondary N) is 3. The minimum atomic E-state index is -0.268. The van der Waals surface area contributed by atoms with Crippen molar-refractivity contribution in [2.24, 2.45) is 5.41 Å². The summed E-state index contributed by atoms with van der Waals surface area (Å²) in [5.41, 5.74) is -0.268. The summed E-state index contributed by atoms with van der Waals surface area (Å²) in [5.74, 6) is 0.218. The van der Waals surface area contributed by atoms with Gasteiger partial charge in [0.25, 0.3) is 0 Å². The molecule has 18 heavy (non-hydrogen) atoms. The van der Waals surface area contributed by atoms with Crippen LogP contribution in [-0.4, -0.2) is 37.5 Å². The number of rotatable bonds is 6. The Morgan fingerprint density at radius 3 is 2.78 bits per heavy atom. The van der Waals surface area contributed by atoms with Gasteiger partial charge in [0.1, 0.15) is 0 Å². The Morgan fingerprint density at radius 1 is 1.39 bits per heavy atom.